The second-order valence-corrected chi connectivity index (χ2v) is 8.79. The van der Waals surface area contributed by atoms with Crippen molar-refractivity contribution < 1.29 is 8.42 Å². The van der Waals surface area contributed by atoms with E-state index >= 15 is 0 Å². The van der Waals surface area contributed by atoms with Gasteiger partial charge >= 0.3 is 0 Å². The van der Waals surface area contributed by atoms with Crippen LogP contribution in [0.4, 0.5) is 0 Å². The highest BCUT2D eigenvalue weighted by molar-refractivity contribution is 9.11. The molecule has 0 spiro atoms. The van der Waals surface area contributed by atoms with Crippen molar-refractivity contribution in [1.82, 2.24) is 4.31 Å². The van der Waals surface area contributed by atoms with E-state index in [9.17, 15) is 8.42 Å². The lowest BCUT2D eigenvalue weighted by Crippen LogP contribution is -2.37. The number of alkyl halides is 1. The molecule has 1 aromatic heterocycles. The molecule has 1 aromatic rings. The third-order valence-electron chi connectivity index (χ3n) is 2.28. The van der Waals surface area contributed by atoms with Crippen LogP contribution in [-0.2, 0) is 10.0 Å². The Morgan fingerprint density at radius 3 is 2.47 bits per heavy atom. The Bertz CT molecular complexity index is 465. The highest BCUT2D eigenvalue weighted by atomic mass is 79.9. The molecule has 0 radical (unpaired) electrons. The number of thiophene rings is 1. The average molecular weight is 361 g/mol. The molecule has 3 nitrogen and oxygen atoms in total. The molecule has 98 valence electrons. The monoisotopic (exact) mass is 359 g/mol. The fourth-order valence-electron chi connectivity index (χ4n) is 1.41. The van der Waals surface area contributed by atoms with Crippen molar-refractivity contribution in [2.75, 3.05) is 12.4 Å². The van der Waals surface area contributed by atoms with Gasteiger partial charge in [-0.15, -0.1) is 22.9 Å². The summed E-state index contributed by atoms with van der Waals surface area (Å²) in [5.41, 5.74) is 0.933. The molecule has 0 atom stereocenters. The number of rotatable bonds is 5. The summed E-state index contributed by atoms with van der Waals surface area (Å²) < 4.78 is 27.4. The lowest BCUT2D eigenvalue weighted by Gasteiger charge is -2.24. The first-order valence-electron chi connectivity index (χ1n) is 5.14. The van der Waals surface area contributed by atoms with Gasteiger partial charge in [-0.2, -0.15) is 4.31 Å². The Kier molecular flexibility index (Phi) is 5.46. The van der Waals surface area contributed by atoms with Crippen molar-refractivity contribution in [1.29, 1.82) is 0 Å². The van der Waals surface area contributed by atoms with Crippen LogP contribution in [0.15, 0.2) is 14.1 Å². The summed E-state index contributed by atoms with van der Waals surface area (Å²) in [6, 6.07) is 1.59. The van der Waals surface area contributed by atoms with Gasteiger partial charge in [0.05, 0.1) is 3.79 Å². The summed E-state index contributed by atoms with van der Waals surface area (Å²) in [5.74, 6) is 0.295. The zero-order valence-corrected chi connectivity index (χ0v) is 13.9. The molecule has 1 rings (SSSR count). The van der Waals surface area contributed by atoms with E-state index in [1.165, 1.54) is 15.6 Å². The van der Waals surface area contributed by atoms with Gasteiger partial charge in [-0.25, -0.2) is 8.42 Å². The number of hydrogen-bond donors (Lipinski definition) is 0. The fourth-order valence-corrected chi connectivity index (χ4v) is 5.69. The van der Waals surface area contributed by atoms with E-state index in [0.717, 1.165) is 9.35 Å². The zero-order chi connectivity index (χ0) is 13.2. The van der Waals surface area contributed by atoms with E-state index in [-0.39, 0.29) is 6.04 Å². The summed E-state index contributed by atoms with van der Waals surface area (Å²) in [7, 11) is -3.43. The molecular weight excluding hydrogens is 346 g/mol. The Balaban J connectivity index is 3.16. The predicted octanol–water partition coefficient (Wildman–Crippen LogP) is 3.46. The predicted molar refractivity (Wildman–Crippen MR) is 76.5 cm³/mol. The minimum atomic E-state index is -3.43. The maximum absolute atomic E-state index is 12.4. The van der Waals surface area contributed by atoms with Gasteiger partial charge in [-0.3, -0.25) is 0 Å². The van der Waals surface area contributed by atoms with Crippen LogP contribution in [0.25, 0.3) is 0 Å². The third-order valence-corrected chi connectivity index (χ3v) is 7.11. The average Bonchev–Trinajstić information content (AvgIpc) is 2.55. The highest BCUT2D eigenvalue weighted by Gasteiger charge is 2.28. The van der Waals surface area contributed by atoms with Gasteiger partial charge < -0.3 is 0 Å². The molecule has 0 bridgehead atoms. The molecule has 0 saturated carbocycles. The number of hydrogen-bond acceptors (Lipinski definition) is 3. The summed E-state index contributed by atoms with van der Waals surface area (Å²) in [6.45, 7) is 5.90. The minimum Gasteiger partial charge on any atom is -0.206 e. The topological polar surface area (TPSA) is 37.4 Å². The highest BCUT2D eigenvalue weighted by Crippen LogP contribution is 2.32. The lowest BCUT2D eigenvalue weighted by atomic mass is 10.4. The maximum Gasteiger partial charge on any atom is 0.252 e. The van der Waals surface area contributed by atoms with Gasteiger partial charge in [0.1, 0.15) is 4.21 Å². The number of aryl methyl sites for hydroxylation is 1. The minimum absolute atomic E-state index is 0.0973. The first kappa shape index (κ1) is 15.4. The summed E-state index contributed by atoms with van der Waals surface area (Å²) in [5, 5.41) is 0. The van der Waals surface area contributed by atoms with Crippen LogP contribution in [-0.4, -0.2) is 31.2 Å². The third kappa shape index (κ3) is 3.44. The van der Waals surface area contributed by atoms with E-state index in [0.29, 0.717) is 16.6 Å². The number of sulfonamides is 1. The standard InChI is InChI=1S/C10H15BrClNO2S2/c1-7(2)13(5-4-12)17(14,15)9-6-8(3)10(11)16-9/h6-7H,4-5H2,1-3H3. The van der Waals surface area contributed by atoms with Gasteiger partial charge in [0.15, 0.2) is 0 Å². The normalized spacial score (nSPS) is 12.6. The molecule has 17 heavy (non-hydrogen) atoms. The van der Waals surface area contributed by atoms with Crippen LogP contribution in [0.3, 0.4) is 0 Å². The number of halogens is 2. The first-order chi connectivity index (χ1) is 7.80. The van der Waals surface area contributed by atoms with Crippen LogP contribution in [0.5, 0.6) is 0 Å². The van der Waals surface area contributed by atoms with E-state index in [2.05, 4.69) is 15.9 Å². The van der Waals surface area contributed by atoms with Crippen molar-refractivity contribution in [3.8, 4) is 0 Å². The van der Waals surface area contributed by atoms with Gasteiger partial charge in [0.2, 0.25) is 0 Å². The Labute approximate surface area is 120 Å². The molecule has 0 aromatic carbocycles. The molecule has 0 unspecified atom stereocenters. The van der Waals surface area contributed by atoms with Crippen molar-refractivity contribution in [3.05, 3.63) is 15.4 Å². The summed E-state index contributed by atoms with van der Waals surface area (Å²) in [6.07, 6.45) is 0. The van der Waals surface area contributed by atoms with Gasteiger partial charge in [-0.05, 0) is 48.3 Å². The molecule has 0 aliphatic carbocycles. The van der Waals surface area contributed by atoms with Gasteiger partial charge in [-0.1, -0.05) is 0 Å². The molecule has 0 saturated heterocycles. The van der Waals surface area contributed by atoms with Crippen LogP contribution >= 0.6 is 38.9 Å². The molecule has 0 aliphatic rings. The SMILES string of the molecule is Cc1cc(S(=O)(=O)N(CCCl)C(C)C)sc1Br. The maximum atomic E-state index is 12.4. The Morgan fingerprint density at radius 1 is 1.53 bits per heavy atom. The fraction of sp³-hybridized carbons (Fsp3) is 0.600. The van der Waals surface area contributed by atoms with Crippen LogP contribution < -0.4 is 0 Å². The Hall–Kier alpha value is 0.380. The smallest absolute Gasteiger partial charge is 0.206 e. The molecule has 0 amide bonds. The molecule has 0 aliphatic heterocycles. The second kappa shape index (κ2) is 6.02. The van der Waals surface area contributed by atoms with E-state index in [1.807, 2.05) is 20.8 Å². The van der Waals surface area contributed by atoms with Gasteiger partial charge in [0, 0.05) is 18.5 Å². The number of nitrogens with zero attached hydrogens (tertiary/aromatic N) is 1. The Morgan fingerprint density at radius 2 is 2.12 bits per heavy atom. The van der Waals surface area contributed by atoms with Crippen LogP contribution in [0.2, 0.25) is 0 Å². The summed E-state index contributed by atoms with van der Waals surface area (Å²) >= 11 is 10.2. The van der Waals surface area contributed by atoms with Crippen molar-refractivity contribution in [2.24, 2.45) is 0 Å². The molecule has 7 heteroatoms. The van der Waals surface area contributed by atoms with E-state index in [1.54, 1.807) is 6.07 Å². The van der Waals surface area contributed by atoms with E-state index in [4.69, 9.17) is 11.6 Å². The van der Waals surface area contributed by atoms with Crippen molar-refractivity contribution in [3.63, 3.8) is 0 Å². The van der Waals surface area contributed by atoms with Crippen LogP contribution in [0, 0.1) is 6.92 Å². The molecule has 0 N–H and O–H groups in total. The molecular formula is C10H15BrClNO2S2. The molecule has 0 fully saturated rings. The van der Waals surface area contributed by atoms with Crippen LogP contribution in [0.1, 0.15) is 19.4 Å². The van der Waals surface area contributed by atoms with Crippen molar-refractivity contribution in [2.45, 2.75) is 31.0 Å². The molecule has 1 heterocycles. The van der Waals surface area contributed by atoms with Gasteiger partial charge in [0.25, 0.3) is 10.0 Å². The lowest BCUT2D eigenvalue weighted by molar-refractivity contribution is 0.371. The summed E-state index contributed by atoms with van der Waals surface area (Å²) in [4.78, 5) is 0. The largest absolute Gasteiger partial charge is 0.252 e. The van der Waals surface area contributed by atoms with Crippen molar-refractivity contribution >= 4 is 48.9 Å². The zero-order valence-electron chi connectivity index (χ0n) is 9.91. The second-order valence-electron chi connectivity index (χ2n) is 3.92. The first-order valence-corrected chi connectivity index (χ1v) is 8.73. The van der Waals surface area contributed by atoms with E-state index < -0.39 is 10.0 Å². The quantitative estimate of drug-likeness (QED) is 0.754.